The van der Waals surface area contributed by atoms with Crippen molar-refractivity contribution < 1.29 is 13.5 Å². The van der Waals surface area contributed by atoms with E-state index in [1.807, 2.05) is 0 Å². The first-order valence-electron chi connectivity index (χ1n) is 7.64. The Kier molecular flexibility index (Phi) is 4.99. The van der Waals surface area contributed by atoms with Crippen LogP contribution in [0.1, 0.15) is 17.0 Å². The lowest BCUT2D eigenvalue weighted by atomic mass is 10.2. The third-order valence-electron chi connectivity index (χ3n) is 3.80. The summed E-state index contributed by atoms with van der Waals surface area (Å²) in [6, 6.07) is 5.33. The van der Waals surface area contributed by atoms with Crippen molar-refractivity contribution in [3.05, 3.63) is 80.8 Å². The molecular formula is C18H14ClF2N3O2. The molecule has 134 valence electrons. The van der Waals surface area contributed by atoms with E-state index in [1.54, 1.807) is 26.0 Å². The zero-order valence-corrected chi connectivity index (χ0v) is 14.7. The molecule has 26 heavy (non-hydrogen) atoms. The number of nitrogens with zero attached hydrogens (tertiary/aromatic N) is 3. The van der Waals surface area contributed by atoms with Gasteiger partial charge in [0.25, 0.3) is 5.56 Å². The van der Waals surface area contributed by atoms with Crippen LogP contribution in [-0.2, 0) is 6.61 Å². The predicted octanol–water partition coefficient (Wildman–Crippen LogP) is 3.75. The molecule has 3 heterocycles. The Morgan fingerprint density at radius 1 is 1.19 bits per heavy atom. The highest BCUT2D eigenvalue weighted by Crippen LogP contribution is 2.21. The number of aromatic nitrogens is 3. The predicted molar refractivity (Wildman–Crippen MR) is 92.8 cm³/mol. The Balaban J connectivity index is 1.90. The number of hydrogen-bond donors (Lipinski definition) is 0. The van der Waals surface area contributed by atoms with Crippen LogP contribution in [0.3, 0.4) is 0 Å². The summed E-state index contributed by atoms with van der Waals surface area (Å²) in [4.78, 5) is 20.1. The Morgan fingerprint density at radius 3 is 2.65 bits per heavy atom. The molecule has 0 bridgehead atoms. The lowest BCUT2D eigenvalue weighted by Crippen LogP contribution is -2.21. The molecule has 0 aromatic carbocycles. The molecule has 3 aromatic rings. The molecule has 0 atom stereocenters. The summed E-state index contributed by atoms with van der Waals surface area (Å²) in [6.07, 6.45) is 2.42. The molecular weight excluding hydrogens is 364 g/mol. The maximum Gasteiger partial charge on any atom is 0.259 e. The standard InChI is InChI=1S/C18H14ClF2N3O2/c1-10-5-13(26-9-15-14(21)6-12(20)8-23-15)7-17(25)24(10)16-3-4-22-18(19)11(16)2/h3-8H,9H2,1-2H3. The van der Waals surface area contributed by atoms with Gasteiger partial charge in [-0.1, -0.05) is 11.6 Å². The maximum atomic E-state index is 13.6. The fourth-order valence-corrected chi connectivity index (χ4v) is 2.66. The smallest absolute Gasteiger partial charge is 0.259 e. The van der Waals surface area contributed by atoms with Crippen LogP contribution < -0.4 is 10.3 Å². The van der Waals surface area contributed by atoms with Crippen LogP contribution in [-0.4, -0.2) is 14.5 Å². The quantitative estimate of drug-likeness (QED) is 0.650. The van der Waals surface area contributed by atoms with Gasteiger partial charge < -0.3 is 4.74 Å². The van der Waals surface area contributed by atoms with Crippen molar-refractivity contribution in [2.75, 3.05) is 0 Å². The average Bonchev–Trinajstić information content (AvgIpc) is 2.57. The van der Waals surface area contributed by atoms with E-state index in [0.717, 1.165) is 12.3 Å². The first kappa shape index (κ1) is 18.0. The number of aryl methyl sites for hydroxylation is 1. The molecule has 8 heteroatoms. The lowest BCUT2D eigenvalue weighted by molar-refractivity contribution is 0.292. The first-order chi connectivity index (χ1) is 12.4. The van der Waals surface area contributed by atoms with E-state index in [4.69, 9.17) is 16.3 Å². The number of hydrogen-bond acceptors (Lipinski definition) is 4. The van der Waals surface area contributed by atoms with Gasteiger partial charge in [0.1, 0.15) is 29.0 Å². The van der Waals surface area contributed by atoms with Gasteiger partial charge in [0.05, 0.1) is 11.9 Å². The molecule has 0 radical (unpaired) electrons. The summed E-state index contributed by atoms with van der Waals surface area (Å²) in [5, 5.41) is 0.312. The molecule has 0 aliphatic carbocycles. The SMILES string of the molecule is Cc1c(-n2c(C)cc(OCc3ncc(F)cc3F)cc2=O)ccnc1Cl. The highest BCUT2D eigenvalue weighted by molar-refractivity contribution is 6.30. The van der Waals surface area contributed by atoms with E-state index in [9.17, 15) is 13.6 Å². The zero-order valence-electron chi connectivity index (χ0n) is 14.0. The summed E-state index contributed by atoms with van der Waals surface area (Å²) in [5.41, 5.74) is 1.50. The number of halogens is 3. The van der Waals surface area contributed by atoms with E-state index in [-0.39, 0.29) is 23.6 Å². The molecule has 0 saturated carbocycles. The van der Waals surface area contributed by atoms with Gasteiger partial charge in [-0.2, -0.15) is 0 Å². The molecule has 0 amide bonds. The number of pyridine rings is 3. The van der Waals surface area contributed by atoms with E-state index in [0.29, 0.717) is 22.1 Å². The van der Waals surface area contributed by atoms with Crippen molar-refractivity contribution in [2.45, 2.75) is 20.5 Å². The highest BCUT2D eigenvalue weighted by Gasteiger charge is 2.12. The third-order valence-corrected chi connectivity index (χ3v) is 4.19. The minimum Gasteiger partial charge on any atom is -0.487 e. The van der Waals surface area contributed by atoms with Crippen molar-refractivity contribution >= 4 is 11.6 Å². The van der Waals surface area contributed by atoms with Gasteiger partial charge in [0.2, 0.25) is 0 Å². The van der Waals surface area contributed by atoms with Crippen LogP contribution in [0.15, 0.2) is 41.5 Å². The third kappa shape index (κ3) is 3.57. The topological polar surface area (TPSA) is 57.0 Å². The summed E-state index contributed by atoms with van der Waals surface area (Å²) in [7, 11) is 0. The van der Waals surface area contributed by atoms with Gasteiger partial charge in [-0.05, 0) is 19.9 Å². The van der Waals surface area contributed by atoms with E-state index in [2.05, 4.69) is 9.97 Å². The molecule has 3 rings (SSSR count). The normalized spacial score (nSPS) is 10.8. The summed E-state index contributed by atoms with van der Waals surface area (Å²) < 4.78 is 33.4. The second-order valence-electron chi connectivity index (χ2n) is 5.62. The molecule has 3 aromatic heterocycles. The summed E-state index contributed by atoms with van der Waals surface area (Å²) >= 11 is 6.02. The van der Waals surface area contributed by atoms with Crippen molar-refractivity contribution in [2.24, 2.45) is 0 Å². The Labute approximate surface area is 152 Å². The fourth-order valence-electron chi connectivity index (χ4n) is 2.51. The molecule has 0 N–H and O–H groups in total. The second-order valence-corrected chi connectivity index (χ2v) is 5.98. The number of rotatable bonds is 4. The van der Waals surface area contributed by atoms with Gasteiger partial charge >= 0.3 is 0 Å². The van der Waals surface area contributed by atoms with Gasteiger partial charge in [-0.15, -0.1) is 0 Å². The van der Waals surface area contributed by atoms with Crippen molar-refractivity contribution in [1.29, 1.82) is 0 Å². The van der Waals surface area contributed by atoms with E-state index < -0.39 is 11.6 Å². The van der Waals surface area contributed by atoms with Gasteiger partial charge in [0.15, 0.2) is 5.82 Å². The molecule has 0 unspecified atom stereocenters. The van der Waals surface area contributed by atoms with Crippen LogP contribution >= 0.6 is 11.6 Å². The van der Waals surface area contributed by atoms with Crippen LogP contribution in [0.2, 0.25) is 5.15 Å². The fraction of sp³-hybridized carbons (Fsp3) is 0.167. The number of ether oxygens (including phenoxy) is 1. The lowest BCUT2D eigenvalue weighted by Gasteiger charge is -2.14. The molecule has 0 saturated heterocycles. The van der Waals surface area contributed by atoms with Crippen LogP contribution in [0.5, 0.6) is 5.75 Å². The zero-order chi connectivity index (χ0) is 18.8. The van der Waals surface area contributed by atoms with Gasteiger partial charge in [-0.3, -0.25) is 14.3 Å². The van der Waals surface area contributed by atoms with Crippen LogP contribution in [0.4, 0.5) is 8.78 Å². The van der Waals surface area contributed by atoms with Crippen molar-refractivity contribution in [3.63, 3.8) is 0 Å². The maximum absolute atomic E-state index is 13.6. The molecule has 0 fully saturated rings. The van der Waals surface area contributed by atoms with E-state index in [1.165, 1.54) is 16.8 Å². The van der Waals surface area contributed by atoms with Gasteiger partial charge in [-0.25, -0.2) is 13.8 Å². The molecule has 5 nitrogen and oxygen atoms in total. The first-order valence-corrected chi connectivity index (χ1v) is 8.02. The Morgan fingerprint density at radius 2 is 1.96 bits per heavy atom. The monoisotopic (exact) mass is 377 g/mol. The largest absolute Gasteiger partial charge is 0.487 e. The Bertz CT molecular complexity index is 1040. The van der Waals surface area contributed by atoms with Crippen LogP contribution in [0, 0.1) is 25.5 Å². The summed E-state index contributed by atoms with van der Waals surface area (Å²) in [5.74, 6) is -1.32. The molecule has 0 aliphatic rings. The van der Waals surface area contributed by atoms with Crippen LogP contribution in [0.25, 0.3) is 5.69 Å². The van der Waals surface area contributed by atoms with Crippen molar-refractivity contribution in [1.82, 2.24) is 14.5 Å². The van der Waals surface area contributed by atoms with Gasteiger partial charge in [0, 0.05) is 35.7 Å². The Hall–Kier alpha value is -2.80. The summed E-state index contributed by atoms with van der Waals surface area (Å²) in [6.45, 7) is 3.28. The highest BCUT2D eigenvalue weighted by atomic mass is 35.5. The molecule has 0 aliphatic heterocycles. The van der Waals surface area contributed by atoms with Crippen molar-refractivity contribution in [3.8, 4) is 11.4 Å². The minimum absolute atomic E-state index is 0.0509. The average molecular weight is 378 g/mol. The second kappa shape index (κ2) is 7.21. The van der Waals surface area contributed by atoms with E-state index >= 15 is 0 Å². The molecule has 0 spiro atoms. The minimum atomic E-state index is -0.808.